The minimum absolute atomic E-state index is 0.144. The number of anilines is 1. The number of piperidine rings is 1. The Morgan fingerprint density at radius 2 is 2.37 bits per heavy atom. The zero-order valence-corrected chi connectivity index (χ0v) is 11.8. The number of benzene rings is 1. The van der Waals surface area contributed by atoms with E-state index in [2.05, 4.69) is 17.1 Å². The Morgan fingerprint density at radius 3 is 3.00 bits per heavy atom. The SMILES string of the molecule is CCN1CCCC(Nc2ccc(C(=O)O)c(Cl)c2)C1. The van der Waals surface area contributed by atoms with Gasteiger partial charge in [-0.25, -0.2) is 4.79 Å². The first kappa shape index (κ1) is 14.2. The average Bonchev–Trinajstić information content (AvgIpc) is 2.38. The van der Waals surface area contributed by atoms with Crippen LogP contribution >= 0.6 is 11.6 Å². The van der Waals surface area contributed by atoms with Gasteiger partial charge in [0, 0.05) is 18.3 Å². The molecule has 0 spiro atoms. The molecule has 1 fully saturated rings. The molecule has 0 aromatic heterocycles. The molecule has 1 aliphatic heterocycles. The van der Waals surface area contributed by atoms with Crippen LogP contribution in [0, 0.1) is 0 Å². The highest BCUT2D eigenvalue weighted by Gasteiger charge is 2.18. The lowest BCUT2D eigenvalue weighted by Crippen LogP contribution is -2.41. The normalized spacial score (nSPS) is 20.2. The largest absolute Gasteiger partial charge is 0.478 e. The smallest absolute Gasteiger partial charge is 0.337 e. The molecule has 104 valence electrons. The van der Waals surface area contributed by atoms with Gasteiger partial charge in [-0.05, 0) is 44.1 Å². The van der Waals surface area contributed by atoms with Gasteiger partial charge in [0.2, 0.25) is 0 Å². The van der Waals surface area contributed by atoms with E-state index in [1.165, 1.54) is 6.42 Å². The van der Waals surface area contributed by atoms with E-state index in [4.69, 9.17) is 16.7 Å². The Balaban J connectivity index is 2.03. The fourth-order valence-electron chi connectivity index (χ4n) is 2.47. The molecule has 1 heterocycles. The number of nitrogens with zero attached hydrogens (tertiary/aromatic N) is 1. The summed E-state index contributed by atoms with van der Waals surface area (Å²) >= 11 is 5.97. The standard InChI is InChI=1S/C14H19ClN2O2/c1-2-17-7-3-4-11(9-17)16-10-5-6-12(14(18)19)13(15)8-10/h5-6,8,11,16H,2-4,7,9H2,1H3,(H,18,19). The van der Waals surface area contributed by atoms with Gasteiger partial charge in [-0.2, -0.15) is 0 Å². The molecular formula is C14H19ClN2O2. The average molecular weight is 283 g/mol. The third-order valence-electron chi connectivity index (χ3n) is 3.52. The Kier molecular flexibility index (Phi) is 4.66. The molecular weight excluding hydrogens is 264 g/mol. The number of nitrogens with one attached hydrogen (secondary N) is 1. The fourth-order valence-corrected chi connectivity index (χ4v) is 2.74. The molecule has 1 atom stereocenters. The summed E-state index contributed by atoms with van der Waals surface area (Å²) in [5, 5.41) is 12.6. The lowest BCUT2D eigenvalue weighted by Gasteiger charge is -2.32. The third-order valence-corrected chi connectivity index (χ3v) is 3.84. The molecule has 0 saturated carbocycles. The molecule has 0 radical (unpaired) electrons. The van der Waals surface area contributed by atoms with E-state index < -0.39 is 5.97 Å². The van der Waals surface area contributed by atoms with Gasteiger partial charge >= 0.3 is 5.97 Å². The fraction of sp³-hybridized carbons (Fsp3) is 0.500. The quantitative estimate of drug-likeness (QED) is 0.891. The molecule has 5 heteroatoms. The van der Waals surface area contributed by atoms with Crippen LogP contribution in [0.4, 0.5) is 5.69 Å². The van der Waals surface area contributed by atoms with Crippen LogP contribution < -0.4 is 5.32 Å². The van der Waals surface area contributed by atoms with Crippen molar-refractivity contribution >= 4 is 23.3 Å². The van der Waals surface area contributed by atoms with Crippen LogP contribution in [0.25, 0.3) is 0 Å². The van der Waals surface area contributed by atoms with Gasteiger partial charge in [-0.3, -0.25) is 0 Å². The summed E-state index contributed by atoms with van der Waals surface area (Å²) < 4.78 is 0. The molecule has 19 heavy (non-hydrogen) atoms. The van der Waals surface area contributed by atoms with Gasteiger partial charge in [-0.15, -0.1) is 0 Å². The van der Waals surface area contributed by atoms with E-state index >= 15 is 0 Å². The van der Waals surface area contributed by atoms with E-state index in [-0.39, 0.29) is 10.6 Å². The molecule has 1 unspecified atom stereocenters. The summed E-state index contributed by atoms with van der Waals surface area (Å²) in [6, 6.07) is 5.42. The second-order valence-corrected chi connectivity index (χ2v) is 5.28. The van der Waals surface area contributed by atoms with Crippen LogP contribution in [0.1, 0.15) is 30.1 Å². The Bertz CT molecular complexity index is 465. The number of rotatable bonds is 4. The monoisotopic (exact) mass is 282 g/mol. The van der Waals surface area contributed by atoms with E-state index in [0.717, 1.165) is 31.7 Å². The summed E-state index contributed by atoms with van der Waals surface area (Å²) in [4.78, 5) is 13.3. The lowest BCUT2D eigenvalue weighted by atomic mass is 10.1. The molecule has 0 bridgehead atoms. The van der Waals surface area contributed by atoms with Crippen LogP contribution in [-0.4, -0.2) is 41.7 Å². The summed E-state index contributed by atoms with van der Waals surface area (Å²) in [5.41, 5.74) is 1.03. The number of carboxylic acids is 1. The van der Waals surface area contributed by atoms with Crippen molar-refractivity contribution in [3.63, 3.8) is 0 Å². The number of aromatic carboxylic acids is 1. The second-order valence-electron chi connectivity index (χ2n) is 4.88. The Morgan fingerprint density at radius 1 is 1.58 bits per heavy atom. The van der Waals surface area contributed by atoms with Crippen molar-refractivity contribution in [2.45, 2.75) is 25.8 Å². The maximum Gasteiger partial charge on any atom is 0.337 e. The van der Waals surface area contributed by atoms with Crippen molar-refractivity contribution in [2.75, 3.05) is 25.0 Å². The number of hydrogen-bond acceptors (Lipinski definition) is 3. The van der Waals surface area contributed by atoms with Crippen molar-refractivity contribution < 1.29 is 9.90 Å². The van der Waals surface area contributed by atoms with E-state index in [0.29, 0.717) is 6.04 Å². The second kappa shape index (κ2) is 6.26. The first-order valence-corrected chi connectivity index (χ1v) is 6.99. The first-order chi connectivity index (χ1) is 9.10. The van der Waals surface area contributed by atoms with Crippen LogP contribution in [0.2, 0.25) is 5.02 Å². The molecule has 4 nitrogen and oxygen atoms in total. The zero-order chi connectivity index (χ0) is 13.8. The molecule has 1 aromatic carbocycles. The van der Waals surface area contributed by atoms with Gasteiger partial charge in [0.05, 0.1) is 10.6 Å². The van der Waals surface area contributed by atoms with Crippen molar-refractivity contribution in [2.24, 2.45) is 0 Å². The van der Waals surface area contributed by atoms with Gasteiger partial charge in [0.15, 0.2) is 0 Å². The lowest BCUT2D eigenvalue weighted by molar-refractivity contribution is 0.0697. The highest BCUT2D eigenvalue weighted by Crippen LogP contribution is 2.23. The molecule has 2 N–H and O–H groups in total. The van der Waals surface area contributed by atoms with Gasteiger partial charge in [0.25, 0.3) is 0 Å². The van der Waals surface area contributed by atoms with E-state index in [1.807, 2.05) is 0 Å². The number of likely N-dealkylation sites (N-methyl/N-ethyl adjacent to an activating group) is 1. The predicted molar refractivity (Wildman–Crippen MR) is 77.2 cm³/mol. The Labute approximate surface area is 118 Å². The first-order valence-electron chi connectivity index (χ1n) is 6.62. The molecule has 2 rings (SSSR count). The molecule has 0 amide bonds. The van der Waals surface area contributed by atoms with Crippen LogP contribution in [-0.2, 0) is 0 Å². The minimum Gasteiger partial charge on any atom is -0.478 e. The maximum absolute atomic E-state index is 10.9. The highest BCUT2D eigenvalue weighted by atomic mass is 35.5. The van der Waals surface area contributed by atoms with Crippen molar-refractivity contribution in [3.8, 4) is 0 Å². The van der Waals surface area contributed by atoms with Crippen molar-refractivity contribution in [3.05, 3.63) is 28.8 Å². The topological polar surface area (TPSA) is 52.6 Å². The molecule has 1 aromatic rings. The molecule has 0 aliphatic carbocycles. The Hall–Kier alpha value is -1.26. The zero-order valence-electron chi connectivity index (χ0n) is 11.0. The number of carboxylic acid groups (broad SMARTS) is 1. The summed E-state index contributed by atoms with van der Waals surface area (Å²) in [5.74, 6) is -0.994. The minimum atomic E-state index is -0.994. The number of carbonyl (C=O) groups is 1. The summed E-state index contributed by atoms with van der Waals surface area (Å²) in [7, 11) is 0. The van der Waals surface area contributed by atoms with Crippen LogP contribution in [0.3, 0.4) is 0 Å². The van der Waals surface area contributed by atoms with Crippen LogP contribution in [0.15, 0.2) is 18.2 Å². The summed E-state index contributed by atoms with van der Waals surface area (Å²) in [6.07, 6.45) is 2.32. The van der Waals surface area contributed by atoms with Crippen LogP contribution in [0.5, 0.6) is 0 Å². The van der Waals surface area contributed by atoms with Gasteiger partial charge in [0.1, 0.15) is 0 Å². The van der Waals surface area contributed by atoms with Gasteiger partial charge in [-0.1, -0.05) is 18.5 Å². The number of likely N-dealkylation sites (tertiary alicyclic amines) is 1. The number of hydrogen-bond donors (Lipinski definition) is 2. The molecule has 1 saturated heterocycles. The van der Waals surface area contributed by atoms with E-state index in [1.54, 1.807) is 18.2 Å². The maximum atomic E-state index is 10.9. The van der Waals surface area contributed by atoms with E-state index in [9.17, 15) is 4.79 Å². The highest BCUT2D eigenvalue weighted by molar-refractivity contribution is 6.33. The molecule has 1 aliphatic rings. The summed E-state index contributed by atoms with van der Waals surface area (Å²) in [6.45, 7) is 5.42. The number of halogens is 1. The van der Waals surface area contributed by atoms with Crippen molar-refractivity contribution in [1.82, 2.24) is 4.90 Å². The third kappa shape index (κ3) is 3.61. The van der Waals surface area contributed by atoms with Crippen molar-refractivity contribution in [1.29, 1.82) is 0 Å². The predicted octanol–water partition coefficient (Wildman–Crippen LogP) is 2.93. The van der Waals surface area contributed by atoms with Gasteiger partial charge < -0.3 is 15.3 Å².